The van der Waals surface area contributed by atoms with E-state index in [1.165, 1.54) is 25.1 Å². The fraction of sp³-hybridized carbons (Fsp3) is 0.375. The Labute approximate surface area is 91.0 Å². The topological polar surface area (TPSA) is 52.1 Å². The summed E-state index contributed by atoms with van der Waals surface area (Å²) in [5, 5.41) is 1.06. The molecule has 0 aliphatic rings. The van der Waals surface area contributed by atoms with Gasteiger partial charge in [0.25, 0.3) is 0 Å². The zero-order valence-electron chi connectivity index (χ0n) is 7.57. The molecule has 0 aliphatic heterocycles. The molecule has 0 N–H and O–H groups in total. The highest BCUT2D eigenvalue weighted by Crippen LogP contribution is 2.16. The molecule has 0 spiro atoms. The summed E-state index contributed by atoms with van der Waals surface area (Å²) in [6.45, 7) is 0. The van der Waals surface area contributed by atoms with Crippen LogP contribution >= 0.6 is 23.4 Å². The van der Waals surface area contributed by atoms with Crippen molar-refractivity contribution in [1.29, 1.82) is 0 Å². The van der Waals surface area contributed by atoms with E-state index < -0.39 is 0 Å². The van der Waals surface area contributed by atoms with Crippen LogP contribution in [0.5, 0.6) is 0 Å². The highest BCUT2D eigenvalue weighted by Gasteiger charge is 2.02. The number of esters is 1. The minimum atomic E-state index is -0.229. The van der Waals surface area contributed by atoms with E-state index in [4.69, 9.17) is 11.6 Å². The average molecular weight is 233 g/mol. The Morgan fingerprint density at radius 2 is 2.43 bits per heavy atom. The third-order valence-corrected chi connectivity index (χ3v) is 2.45. The van der Waals surface area contributed by atoms with Crippen molar-refractivity contribution >= 4 is 29.3 Å². The van der Waals surface area contributed by atoms with Crippen molar-refractivity contribution < 1.29 is 9.53 Å². The molecule has 14 heavy (non-hydrogen) atoms. The van der Waals surface area contributed by atoms with Gasteiger partial charge in [0.2, 0.25) is 0 Å². The maximum absolute atomic E-state index is 10.8. The zero-order chi connectivity index (χ0) is 10.4. The lowest BCUT2D eigenvalue weighted by atomic mass is 10.5. The highest BCUT2D eigenvalue weighted by atomic mass is 35.5. The number of methoxy groups -OCH3 is 1. The quantitative estimate of drug-likeness (QED) is 0.585. The van der Waals surface area contributed by atoms with Crippen molar-refractivity contribution in [1.82, 2.24) is 9.97 Å². The molecule has 76 valence electrons. The number of hydrogen-bond donors (Lipinski definition) is 0. The Bertz CT molecular complexity index is 322. The first-order valence-electron chi connectivity index (χ1n) is 3.89. The second-order valence-electron chi connectivity index (χ2n) is 2.35. The summed E-state index contributed by atoms with van der Waals surface area (Å²) in [4.78, 5) is 18.7. The van der Waals surface area contributed by atoms with Crippen LogP contribution in [-0.2, 0) is 9.53 Å². The standard InChI is InChI=1S/C8H9ClN2O2S/c1-13-8(12)2-3-14-7-5-10-4-6(9)11-7/h4-5H,2-3H2,1H3. The molecule has 0 saturated heterocycles. The summed E-state index contributed by atoms with van der Waals surface area (Å²) < 4.78 is 4.50. The van der Waals surface area contributed by atoms with E-state index in [-0.39, 0.29) is 5.97 Å². The third kappa shape index (κ3) is 3.93. The minimum absolute atomic E-state index is 0.229. The number of aromatic nitrogens is 2. The van der Waals surface area contributed by atoms with E-state index in [2.05, 4.69) is 14.7 Å². The number of nitrogens with zero attached hydrogens (tertiary/aromatic N) is 2. The van der Waals surface area contributed by atoms with Crippen molar-refractivity contribution in [2.75, 3.05) is 12.9 Å². The van der Waals surface area contributed by atoms with Crippen molar-refractivity contribution in [2.45, 2.75) is 11.4 Å². The van der Waals surface area contributed by atoms with Gasteiger partial charge in [-0.2, -0.15) is 0 Å². The van der Waals surface area contributed by atoms with Crippen LogP contribution in [-0.4, -0.2) is 28.8 Å². The van der Waals surface area contributed by atoms with E-state index >= 15 is 0 Å². The van der Waals surface area contributed by atoms with Crippen LogP contribution < -0.4 is 0 Å². The smallest absolute Gasteiger partial charge is 0.306 e. The Balaban J connectivity index is 2.35. The largest absolute Gasteiger partial charge is 0.469 e. The van der Waals surface area contributed by atoms with Gasteiger partial charge in [-0.05, 0) is 0 Å². The first kappa shape index (κ1) is 11.3. The summed E-state index contributed by atoms with van der Waals surface area (Å²) in [6, 6.07) is 0. The summed E-state index contributed by atoms with van der Waals surface area (Å²) in [5.74, 6) is 0.384. The number of thioether (sulfide) groups is 1. The molecule has 1 aromatic rings. The van der Waals surface area contributed by atoms with Crippen LogP contribution in [0.1, 0.15) is 6.42 Å². The molecule has 4 nitrogen and oxygen atoms in total. The first-order valence-corrected chi connectivity index (χ1v) is 5.26. The number of carbonyl (C=O) groups is 1. The molecule has 1 heterocycles. The monoisotopic (exact) mass is 232 g/mol. The molecule has 6 heteroatoms. The lowest BCUT2D eigenvalue weighted by Gasteiger charge is -1.99. The van der Waals surface area contributed by atoms with Gasteiger partial charge in [0.05, 0.1) is 25.9 Å². The van der Waals surface area contributed by atoms with E-state index in [9.17, 15) is 4.79 Å². The van der Waals surface area contributed by atoms with Crippen molar-refractivity contribution in [3.05, 3.63) is 17.5 Å². The van der Waals surface area contributed by atoms with Crippen LogP contribution in [0.15, 0.2) is 17.4 Å². The highest BCUT2D eigenvalue weighted by molar-refractivity contribution is 7.99. The predicted molar refractivity (Wildman–Crippen MR) is 54.4 cm³/mol. The van der Waals surface area contributed by atoms with E-state index in [0.717, 1.165) is 0 Å². The molecule has 0 saturated carbocycles. The molecule has 0 fully saturated rings. The van der Waals surface area contributed by atoms with Crippen LogP contribution in [0, 0.1) is 0 Å². The van der Waals surface area contributed by atoms with Crippen molar-refractivity contribution in [3.63, 3.8) is 0 Å². The number of carbonyl (C=O) groups excluding carboxylic acids is 1. The van der Waals surface area contributed by atoms with Gasteiger partial charge in [0.1, 0.15) is 10.2 Å². The molecule has 0 aromatic carbocycles. The van der Waals surface area contributed by atoms with Crippen molar-refractivity contribution in [3.8, 4) is 0 Å². The Morgan fingerprint density at radius 3 is 3.07 bits per heavy atom. The first-order chi connectivity index (χ1) is 6.72. The zero-order valence-corrected chi connectivity index (χ0v) is 9.14. The molecular formula is C8H9ClN2O2S. The van der Waals surface area contributed by atoms with Crippen LogP contribution in [0.4, 0.5) is 0 Å². The lowest BCUT2D eigenvalue weighted by molar-refractivity contribution is -0.140. The molecule has 0 atom stereocenters. The van der Waals surface area contributed by atoms with Gasteiger partial charge < -0.3 is 4.74 Å². The van der Waals surface area contributed by atoms with Gasteiger partial charge in [0.15, 0.2) is 0 Å². The predicted octanol–water partition coefficient (Wildman–Crippen LogP) is 1.79. The second-order valence-corrected chi connectivity index (χ2v) is 3.86. The molecule has 0 amide bonds. The number of hydrogen-bond acceptors (Lipinski definition) is 5. The fourth-order valence-corrected chi connectivity index (χ4v) is 1.71. The van der Waals surface area contributed by atoms with Gasteiger partial charge in [-0.15, -0.1) is 11.8 Å². The summed E-state index contributed by atoms with van der Waals surface area (Å²) in [6.07, 6.45) is 3.43. The van der Waals surface area contributed by atoms with Gasteiger partial charge in [-0.3, -0.25) is 9.78 Å². The minimum Gasteiger partial charge on any atom is -0.469 e. The molecule has 0 radical (unpaired) electrons. The van der Waals surface area contributed by atoms with E-state index in [0.29, 0.717) is 22.4 Å². The average Bonchev–Trinajstić information content (AvgIpc) is 2.17. The maximum atomic E-state index is 10.8. The number of rotatable bonds is 4. The van der Waals surface area contributed by atoms with E-state index in [1.807, 2.05) is 0 Å². The van der Waals surface area contributed by atoms with E-state index in [1.54, 1.807) is 6.20 Å². The van der Waals surface area contributed by atoms with Gasteiger partial charge in [-0.1, -0.05) is 11.6 Å². The molecule has 1 rings (SSSR count). The maximum Gasteiger partial charge on any atom is 0.306 e. The normalized spacial score (nSPS) is 9.86. The molecule has 0 unspecified atom stereocenters. The Kier molecular flexibility index (Phi) is 4.69. The van der Waals surface area contributed by atoms with Gasteiger partial charge >= 0.3 is 5.97 Å². The van der Waals surface area contributed by atoms with Crippen LogP contribution in [0.25, 0.3) is 0 Å². The molecule has 0 aliphatic carbocycles. The number of ether oxygens (including phenoxy) is 1. The van der Waals surface area contributed by atoms with Gasteiger partial charge in [0, 0.05) is 5.75 Å². The summed E-state index contributed by atoms with van der Waals surface area (Å²) in [5.41, 5.74) is 0. The molecular weight excluding hydrogens is 224 g/mol. The Morgan fingerprint density at radius 1 is 1.64 bits per heavy atom. The lowest BCUT2D eigenvalue weighted by Crippen LogP contribution is -2.01. The van der Waals surface area contributed by atoms with Gasteiger partial charge in [-0.25, -0.2) is 4.98 Å². The Hall–Kier alpha value is -0.810. The SMILES string of the molecule is COC(=O)CCSc1cncc(Cl)n1. The second kappa shape index (κ2) is 5.82. The fourth-order valence-electron chi connectivity index (χ4n) is 0.736. The third-order valence-electron chi connectivity index (χ3n) is 1.37. The van der Waals surface area contributed by atoms with Crippen LogP contribution in [0.3, 0.4) is 0 Å². The summed E-state index contributed by atoms with van der Waals surface area (Å²) in [7, 11) is 1.37. The summed E-state index contributed by atoms with van der Waals surface area (Å²) >= 11 is 7.05. The molecule has 0 bridgehead atoms. The van der Waals surface area contributed by atoms with Crippen molar-refractivity contribution in [2.24, 2.45) is 0 Å². The molecule has 1 aromatic heterocycles. The van der Waals surface area contributed by atoms with Crippen LogP contribution in [0.2, 0.25) is 5.15 Å². The number of halogens is 1.